The first-order valence-corrected chi connectivity index (χ1v) is 16.3. The van der Waals surface area contributed by atoms with Crippen LogP contribution in [0.2, 0.25) is 0 Å². The second-order valence-electron chi connectivity index (χ2n) is 10.8. The van der Waals surface area contributed by atoms with Crippen LogP contribution in [-0.4, -0.2) is 53.4 Å². The molecule has 0 spiro atoms. The van der Waals surface area contributed by atoms with Crippen LogP contribution in [0.1, 0.15) is 29.2 Å². The fraction of sp³-hybridized carbons (Fsp3) is 0.351. The Morgan fingerprint density at radius 2 is 1.00 bits per heavy atom. The minimum atomic E-state index is -0.947. The molecule has 1 saturated heterocycles. The van der Waals surface area contributed by atoms with Crippen LogP contribution in [0.3, 0.4) is 0 Å². The summed E-state index contributed by atoms with van der Waals surface area (Å²) in [5.41, 5.74) is 3.79. The van der Waals surface area contributed by atoms with Gasteiger partial charge in [0, 0.05) is 0 Å². The van der Waals surface area contributed by atoms with Crippen molar-refractivity contribution in [3.05, 3.63) is 144 Å². The van der Waals surface area contributed by atoms with Crippen LogP contribution in [0.25, 0.3) is 0 Å². The summed E-state index contributed by atoms with van der Waals surface area (Å²) < 4.78 is 32.6. The zero-order valence-corrected chi connectivity index (χ0v) is 26.0. The maximum atomic E-state index is 11.6. The lowest BCUT2D eigenvalue weighted by molar-refractivity contribution is -0.265. The third kappa shape index (κ3) is 9.49. The van der Waals surface area contributed by atoms with Gasteiger partial charge in [0.25, 0.3) is 0 Å². The molecule has 4 aromatic rings. The Labute approximate surface area is 265 Å². The average Bonchev–Trinajstić information content (AvgIpc) is 3.08. The van der Waals surface area contributed by atoms with Crippen LogP contribution < -0.4 is 0 Å². The van der Waals surface area contributed by atoms with Gasteiger partial charge in [0.05, 0.1) is 33.0 Å². The zero-order chi connectivity index (χ0) is 30.4. The lowest BCUT2D eigenvalue weighted by Gasteiger charge is -2.47. The molecule has 1 aliphatic heterocycles. The van der Waals surface area contributed by atoms with Crippen molar-refractivity contribution in [2.24, 2.45) is 0 Å². The molecule has 1 fully saturated rings. The number of hydrogen-bond donors (Lipinski definition) is 1. The summed E-state index contributed by atoms with van der Waals surface area (Å²) in [4.78, 5) is 0. The monoisotopic (exact) mass is 614 g/mol. The summed E-state index contributed by atoms with van der Waals surface area (Å²) in [5, 5.41) is 11.6. The molecule has 0 saturated carbocycles. The first kappa shape index (κ1) is 32.4. The van der Waals surface area contributed by atoms with Crippen molar-refractivity contribution in [2.45, 2.75) is 69.3 Å². The SMILES string of the molecule is CCS[C@H]1O[C@H]([C@H](O)COCc2ccccc2)[C@@H](OCc2ccccc2)[C@H](OCc2ccccc2)[C@@H]1OCc1ccccc1. The maximum Gasteiger partial charge on any atom is 0.132 e. The summed E-state index contributed by atoms with van der Waals surface area (Å²) >= 11 is 1.64. The maximum absolute atomic E-state index is 11.6. The first-order valence-electron chi connectivity index (χ1n) is 15.2. The second-order valence-corrected chi connectivity index (χ2v) is 12.2. The Bertz CT molecular complexity index is 1330. The highest BCUT2D eigenvalue weighted by atomic mass is 32.2. The van der Waals surface area contributed by atoms with Crippen LogP contribution in [0.5, 0.6) is 0 Å². The number of hydrogen-bond acceptors (Lipinski definition) is 7. The van der Waals surface area contributed by atoms with Gasteiger partial charge < -0.3 is 28.8 Å². The Balaban J connectivity index is 1.41. The van der Waals surface area contributed by atoms with E-state index < -0.39 is 30.5 Å². The molecular formula is C37H42O6S. The number of thioether (sulfide) groups is 1. The van der Waals surface area contributed by atoms with Crippen molar-refractivity contribution in [1.82, 2.24) is 0 Å². The second kappa shape index (κ2) is 17.5. The van der Waals surface area contributed by atoms with Gasteiger partial charge in [0.15, 0.2) is 0 Å². The van der Waals surface area contributed by atoms with Gasteiger partial charge in [-0.2, -0.15) is 0 Å². The standard InChI is InChI=1S/C37H42O6S/c1-2-44-37-36(42-26-31-21-13-6-14-22-31)35(41-25-30-19-11-5-12-20-30)34(40-24-29-17-9-4-10-18-29)33(43-37)32(38)27-39-23-28-15-7-3-8-16-28/h3-22,32-38H,2,23-27H2,1H3/t32-,33-,34-,35+,36+,37-/m1/s1. The third-order valence-corrected chi connectivity index (χ3v) is 8.54. The van der Waals surface area contributed by atoms with E-state index in [9.17, 15) is 5.11 Å². The molecule has 1 N–H and O–H groups in total. The third-order valence-electron chi connectivity index (χ3n) is 7.50. The number of aliphatic hydroxyl groups is 1. The van der Waals surface area contributed by atoms with Crippen LogP contribution >= 0.6 is 11.8 Å². The summed E-state index contributed by atoms with van der Waals surface area (Å²) in [7, 11) is 0. The number of ether oxygens (including phenoxy) is 5. The van der Waals surface area contributed by atoms with E-state index in [4.69, 9.17) is 23.7 Å². The Morgan fingerprint density at radius 3 is 1.45 bits per heavy atom. The average molecular weight is 615 g/mol. The van der Waals surface area contributed by atoms with Crippen molar-refractivity contribution >= 4 is 11.8 Å². The smallest absolute Gasteiger partial charge is 0.132 e. The molecule has 0 aromatic heterocycles. The fourth-order valence-corrected chi connectivity index (χ4v) is 6.22. The highest BCUT2D eigenvalue weighted by Gasteiger charge is 2.50. The van der Waals surface area contributed by atoms with E-state index in [1.807, 2.05) is 121 Å². The molecule has 4 aromatic carbocycles. The molecule has 6 atom stereocenters. The molecule has 0 amide bonds. The number of rotatable bonds is 16. The van der Waals surface area contributed by atoms with Gasteiger partial charge in [-0.15, -0.1) is 11.8 Å². The number of aliphatic hydroxyl groups excluding tert-OH is 1. The van der Waals surface area contributed by atoms with E-state index in [0.29, 0.717) is 26.4 Å². The lowest BCUT2D eigenvalue weighted by Crippen LogP contribution is -2.62. The Hall–Kier alpha value is -3.01. The summed E-state index contributed by atoms with van der Waals surface area (Å²) in [6.07, 6.45) is -3.23. The molecule has 5 rings (SSSR count). The molecule has 0 unspecified atom stereocenters. The predicted molar refractivity (Wildman–Crippen MR) is 174 cm³/mol. The summed E-state index contributed by atoms with van der Waals surface area (Å²) in [5.74, 6) is 0.810. The molecule has 0 aliphatic carbocycles. The minimum absolute atomic E-state index is 0.0925. The molecule has 1 aliphatic rings. The van der Waals surface area contributed by atoms with Crippen molar-refractivity contribution in [3.8, 4) is 0 Å². The molecule has 1 heterocycles. The van der Waals surface area contributed by atoms with E-state index in [1.165, 1.54) is 0 Å². The van der Waals surface area contributed by atoms with Gasteiger partial charge in [0.1, 0.15) is 36.0 Å². The van der Waals surface area contributed by atoms with Crippen molar-refractivity contribution < 1.29 is 28.8 Å². The Morgan fingerprint density at radius 1 is 0.591 bits per heavy atom. The minimum Gasteiger partial charge on any atom is -0.388 e. The molecule has 7 heteroatoms. The summed E-state index contributed by atoms with van der Waals surface area (Å²) in [6, 6.07) is 40.1. The lowest BCUT2D eigenvalue weighted by atomic mass is 9.95. The van der Waals surface area contributed by atoms with Gasteiger partial charge in [0.2, 0.25) is 0 Å². The van der Waals surface area contributed by atoms with Crippen molar-refractivity contribution in [2.75, 3.05) is 12.4 Å². The van der Waals surface area contributed by atoms with Gasteiger partial charge in [-0.05, 0) is 28.0 Å². The summed E-state index contributed by atoms with van der Waals surface area (Å²) in [6.45, 7) is 3.69. The van der Waals surface area contributed by atoms with Crippen LogP contribution in [-0.2, 0) is 50.1 Å². The normalized spacial score (nSPS) is 22.5. The van der Waals surface area contributed by atoms with E-state index in [1.54, 1.807) is 11.8 Å². The number of benzene rings is 4. The highest BCUT2D eigenvalue weighted by Crippen LogP contribution is 2.36. The van der Waals surface area contributed by atoms with Crippen LogP contribution in [0.15, 0.2) is 121 Å². The van der Waals surface area contributed by atoms with Gasteiger partial charge in [-0.3, -0.25) is 0 Å². The highest BCUT2D eigenvalue weighted by molar-refractivity contribution is 7.99. The van der Waals surface area contributed by atoms with E-state index >= 15 is 0 Å². The van der Waals surface area contributed by atoms with Gasteiger partial charge in [-0.1, -0.05) is 128 Å². The largest absolute Gasteiger partial charge is 0.388 e. The Kier molecular flexibility index (Phi) is 12.9. The van der Waals surface area contributed by atoms with E-state index in [2.05, 4.69) is 6.92 Å². The predicted octanol–water partition coefficient (Wildman–Crippen LogP) is 6.80. The molecule has 232 valence electrons. The zero-order valence-electron chi connectivity index (χ0n) is 25.2. The van der Waals surface area contributed by atoms with Crippen molar-refractivity contribution in [1.29, 1.82) is 0 Å². The van der Waals surface area contributed by atoms with Crippen molar-refractivity contribution in [3.63, 3.8) is 0 Å². The van der Waals surface area contributed by atoms with E-state index in [-0.39, 0.29) is 12.0 Å². The first-order chi connectivity index (χ1) is 21.7. The molecular weight excluding hydrogens is 572 g/mol. The molecule has 6 nitrogen and oxygen atoms in total. The van der Waals surface area contributed by atoms with E-state index in [0.717, 1.165) is 28.0 Å². The quantitative estimate of drug-likeness (QED) is 0.149. The molecule has 0 bridgehead atoms. The van der Waals surface area contributed by atoms with Crippen LogP contribution in [0, 0.1) is 0 Å². The fourth-order valence-electron chi connectivity index (χ4n) is 5.27. The molecule has 0 radical (unpaired) electrons. The topological polar surface area (TPSA) is 66.4 Å². The molecule has 44 heavy (non-hydrogen) atoms. The van der Waals surface area contributed by atoms with Gasteiger partial charge in [-0.25, -0.2) is 0 Å². The van der Waals surface area contributed by atoms with Gasteiger partial charge >= 0.3 is 0 Å². The van der Waals surface area contributed by atoms with Crippen LogP contribution in [0.4, 0.5) is 0 Å².